The number of hydrogen-bond donors (Lipinski definition) is 2. The van der Waals surface area contributed by atoms with E-state index in [1.54, 1.807) is 19.5 Å². The van der Waals surface area contributed by atoms with E-state index in [2.05, 4.69) is 30.6 Å². The van der Waals surface area contributed by atoms with Gasteiger partial charge in [0.1, 0.15) is 12.1 Å². The molecule has 1 saturated heterocycles. The molecule has 1 aliphatic carbocycles. The molecule has 5 rings (SSSR count). The summed E-state index contributed by atoms with van der Waals surface area (Å²) in [7, 11) is 1.64. The number of nitrogens with zero attached hydrogens (tertiary/aromatic N) is 4. The standard InChI is InChI=1S/C24H30N6O3/c1-31-21-11-20-19(10-22(21)33-14-17-4-7-25-8-5-17)23(29-15-28-20)30-18-12-26-24(27-13-18)32-9-6-16-2-3-16/h10-13,15-17,25H,2-9,14H2,1H3,(H,28,29,30). The summed E-state index contributed by atoms with van der Waals surface area (Å²) in [5.74, 6) is 3.37. The van der Waals surface area contributed by atoms with Crippen LogP contribution in [-0.2, 0) is 0 Å². The van der Waals surface area contributed by atoms with E-state index in [1.165, 1.54) is 19.2 Å². The van der Waals surface area contributed by atoms with Gasteiger partial charge in [0.15, 0.2) is 11.5 Å². The zero-order valence-electron chi connectivity index (χ0n) is 18.9. The maximum absolute atomic E-state index is 6.18. The molecule has 33 heavy (non-hydrogen) atoms. The van der Waals surface area contributed by atoms with Gasteiger partial charge in [-0.2, -0.15) is 0 Å². The Hall–Kier alpha value is -3.20. The van der Waals surface area contributed by atoms with Gasteiger partial charge in [0, 0.05) is 11.5 Å². The normalized spacial score (nSPS) is 16.5. The molecule has 1 saturated carbocycles. The third-order valence-corrected chi connectivity index (χ3v) is 6.20. The summed E-state index contributed by atoms with van der Waals surface area (Å²) in [6.45, 7) is 3.40. The fourth-order valence-corrected chi connectivity index (χ4v) is 4.01. The first-order valence-corrected chi connectivity index (χ1v) is 11.7. The molecule has 0 bridgehead atoms. The van der Waals surface area contributed by atoms with Crippen molar-refractivity contribution in [2.24, 2.45) is 11.8 Å². The molecular formula is C24H30N6O3. The summed E-state index contributed by atoms with van der Waals surface area (Å²) < 4.78 is 17.4. The molecule has 9 nitrogen and oxygen atoms in total. The number of hydrogen-bond acceptors (Lipinski definition) is 9. The zero-order valence-corrected chi connectivity index (χ0v) is 18.9. The van der Waals surface area contributed by atoms with Gasteiger partial charge in [0.25, 0.3) is 0 Å². The topological polar surface area (TPSA) is 103 Å². The van der Waals surface area contributed by atoms with E-state index in [-0.39, 0.29) is 0 Å². The summed E-state index contributed by atoms with van der Waals surface area (Å²) in [4.78, 5) is 17.5. The molecule has 2 N–H and O–H groups in total. The van der Waals surface area contributed by atoms with Crippen molar-refractivity contribution in [2.75, 3.05) is 38.7 Å². The minimum Gasteiger partial charge on any atom is -0.493 e. The van der Waals surface area contributed by atoms with Gasteiger partial charge in [0.2, 0.25) is 0 Å². The molecule has 0 atom stereocenters. The highest BCUT2D eigenvalue weighted by atomic mass is 16.5. The summed E-state index contributed by atoms with van der Waals surface area (Å²) in [5.41, 5.74) is 1.48. The van der Waals surface area contributed by atoms with Gasteiger partial charge in [-0.25, -0.2) is 19.9 Å². The van der Waals surface area contributed by atoms with Crippen molar-refractivity contribution in [3.8, 4) is 17.5 Å². The van der Waals surface area contributed by atoms with Crippen LogP contribution in [0.4, 0.5) is 11.5 Å². The third-order valence-electron chi connectivity index (χ3n) is 6.20. The fourth-order valence-electron chi connectivity index (χ4n) is 4.01. The predicted octanol–water partition coefficient (Wildman–Crippen LogP) is 3.73. The number of fused-ring (bicyclic) bond motifs is 1. The number of nitrogens with one attached hydrogen (secondary N) is 2. The molecule has 0 spiro atoms. The second-order valence-electron chi connectivity index (χ2n) is 8.71. The highest BCUT2D eigenvalue weighted by Gasteiger charge is 2.21. The van der Waals surface area contributed by atoms with Crippen molar-refractivity contribution in [2.45, 2.75) is 32.1 Å². The smallest absolute Gasteiger partial charge is 0.316 e. The van der Waals surface area contributed by atoms with Crippen molar-refractivity contribution < 1.29 is 14.2 Å². The average Bonchev–Trinajstić information content (AvgIpc) is 3.69. The molecular weight excluding hydrogens is 420 g/mol. The minimum absolute atomic E-state index is 0.395. The first kappa shape index (κ1) is 21.6. The average molecular weight is 451 g/mol. The highest BCUT2D eigenvalue weighted by Crippen LogP contribution is 2.35. The Morgan fingerprint density at radius 2 is 1.76 bits per heavy atom. The lowest BCUT2D eigenvalue weighted by molar-refractivity contribution is 0.208. The van der Waals surface area contributed by atoms with Crippen LogP contribution in [0, 0.1) is 11.8 Å². The summed E-state index contributed by atoms with van der Waals surface area (Å²) in [6.07, 6.45) is 10.9. The lowest BCUT2D eigenvalue weighted by atomic mass is 9.99. The Morgan fingerprint density at radius 3 is 2.52 bits per heavy atom. The number of ether oxygens (including phenoxy) is 3. The molecule has 3 heterocycles. The molecule has 9 heteroatoms. The second-order valence-corrected chi connectivity index (χ2v) is 8.71. The number of anilines is 2. The minimum atomic E-state index is 0.395. The Morgan fingerprint density at radius 1 is 0.939 bits per heavy atom. The fraction of sp³-hybridized carbons (Fsp3) is 0.500. The highest BCUT2D eigenvalue weighted by molar-refractivity contribution is 5.92. The second kappa shape index (κ2) is 10.2. The summed E-state index contributed by atoms with van der Waals surface area (Å²) >= 11 is 0. The maximum Gasteiger partial charge on any atom is 0.316 e. The van der Waals surface area contributed by atoms with Gasteiger partial charge in [-0.3, -0.25) is 0 Å². The van der Waals surface area contributed by atoms with Crippen LogP contribution in [-0.4, -0.2) is 53.3 Å². The summed E-state index contributed by atoms with van der Waals surface area (Å²) in [6, 6.07) is 4.22. The maximum atomic E-state index is 6.18. The zero-order chi connectivity index (χ0) is 22.5. The van der Waals surface area contributed by atoms with Crippen LogP contribution in [0.2, 0.25) is 0 Å². The number of benzene rings is 1. The number of methoxy groups -OCH3 is 1. The molecule has 0 unspecified atom stereocenters. The number of aromatic nitrogens is 4. The van der Waals surface area contributed by atoms with E-state index < -0.39 is 0 Å². The van der Waals surface area contributed by atoms with Crippen LogP contribution in [0.25, 0.3) is 10.9 Å². The van der Waals surface area contributed by atoms with Crippen LogP contribution in [0.15, 0.2) is 30.9 Å². The number of piperidine rings is 1. The van der Waals surface area contributed by atoms with E-state index in [0.29, 0.717) is 42.5 Å². The first-order chi connectivity index (χ1) is 16.3. The quantitative estimate of drug-likeness (QED) is 0.478. The Kier molecular flexibility index (Phi) is 6.66. The van der Waals surface area contributed by atoms with Crippen LogP contribution < -0.4 is 24.8 Å². The lowest BCUT2D eigenvalue weighted by Crippen LogP contribution is -2.30. The van der Waals surface area contributed by atoms with Gasteiger partial charge in [-0.05, 0) is 50.3 Å². The van der Waals surface area contributed by atoms with Crippen molar-refractivity contribution in [3.05, 3.63) is 30.9 Å². The van der Waals surface area contributed by atoms with Crippen LogP contribution in [0.5, 0.6) is 17.5 Å². The lowest BCUT2D eigenvalue weighted by Gasteiger charge is -2.23. The van der Waals surface area contributed by atoms with E-state index in [1.807, 2.05) is 12.1 Å². The van der Waals surface area contributed by atoms with Crippen LogP contribution >= 0.6 is 0 Å². The molecule has 0 amide bonds. The monoisotopic (exact) mass is 450 g/mol. The van der Waals surface area contributed by atoms with Crippen molar-refractivity contribution >= 4 is 22.4 Å². The van der Waals surface area contributed by atoms with Crippen molar-refractivity contribution in [1.82, 2.24) is 25.3 Å². The predicted molar refractivity (Wildman–Crippen MR) is 125 cm³/mol. The summed E-state index contributed by atoms with van der Waals surface area (Å²) in [5, 5.41) is 7.52. The molecule has 1 aliphatic heterocycles. The molecule has 1 aromatic carbocycles. The van der Waals surface area contributed by atoms with Crippen LogP contribution in [0.1, 0.15) is 32.1 Å². The van der Waals surface area contributed by atoms with E-state index >= 15 is 0 Å². The van der Waals surface area contributed by atoms with E-state index in [4.69, 9.17) is 14.2 Å². The van der Waals surface area contributed by atoms with Crippen molar-refractivity contribution in [1.29, 1.82) is 0 Å². The Labute approximate surface area is 193 Å². The molecule has 0 radical (unpaired) electrons. The Balaban J connectivity index is 1.30. The SMILES string of the molecule is COc1cc2ncnc(Nc3cnc(OCCC4CC4)nc3)c2cc1OCC1CCNCC1. The van der Waals surface area contributed by atoms with E-state index in [9.17, 15) is 0 Å². The molecule has 2 aliphatic rings. The van der Waals surface area contributed by atoms with Gasteiger partial charge in [-0.1, -0.05) is 12.8 Å². The van der Waals surface area contributed by atoms with Gasteiger partial charge in [-0.15, -0.1) is 0 Å². The Bertz CT molecular complexity index is 1070. The van der Waals surface area contributed by atoms with Gasteiger partial charge >= 0.3 is 6.01 Å². The number of rotatable bonds is 10. The first-order valence-electron chi connectivity index (χ1n) is 11.7. The van der Waals surface area contributed by atoms with E-state index in [0.717, 1.165) is 54.9 Å². The third kappa shape index (κ3) is 5.60. The molecule has 174 valence electrons. The van der Waals surface area contributed by atoms with Gasteiger partial charge in [0.05, 0.1) is 43.9 Å². The molecule has 3 aromatic rings. The van der Waals surface area contributed by atoms with Crippen LogP contribution in [0.3, 0.4) is 0 Å². The van der Waals surface area contributed by atoms with Crippen molar-refractivity contribution in [3.63, 3.8) is 0 Å². The van der Waals surface area contributed by atoms with Gasteiger partial charge < -0.3 is 24.8 Å². The molecule has 2 fully saturated rings. The largest absolute Gasteiger partial charge is 0.493 e. The molecule has 2 aromatic heterocycles.